The van der Waals surface area contributed by atoms with Crippen LogP contribution in [0.2, 0.25) is 5.02 Å². The molecule has 2 atom stereocenters. The molecule has 1 aromatic rings. The van der Waals surface area contributed by atoms with Crippen LogP contribution in [0, 0.1) is 5.92 Å². The van der Waals surface area contributed by atoms with Crippen LogP contribution >= 0.6 is 11.6 Å². The van der Waals surface area contributed by atoms with E-state index in [2.05, 4.69) is 0 Å². The van der Waals surface area contributed by atoms with E-state index in [-0.39, 0.29) is 11.9 Å². The Kier molecular flexibility index (Phi) is 4.25. The van der Waals surface area contributed by atoms with Crippen LogP contribution in [0.1, 0.15) is 18.9 Å². The van der Waals surface area contributed by atoms with Crippen LogP contribution in [-0.4, -0.2) is 25.6 Å². The molecule has 98 valence electrons. The van der Waals surface area contributed by atoms with E-state index >= 15 is 0 Å². The van der Waals surface area contributed by atoms with Gasteiger partial charge >= 0.3 is 0 Å². The molecule has 0 bridgehead atoms. The molecular formula is C14H17ClO3. The highest BCUT2D eigenvalue weighted by atomic mass is 35.5. The monoisotopic (exact) mass is 268 g/mol. The Morgan fingerprint density at radius 3 is 2.94 bits per heavy atom. The zero-order chi connectivity index (χ0) is 13.1. The third-order valence-electron chi connectivity index (χ3n) is 3.31. The summed E-state index contributed by atoms with van der Waals surface area (Å²) in [4.78, 5) is 12.2. The Morgan fingerprint density at radius 1 is 1.56 bits per heavy atom. The Bertz CT molecular complexity index is 445. The number of carbonyl (C=O) groups excluding carboxylic acids is 1. The average Bonchev–Trinajstić information content (AvgIpc) is 2.76. The zero-order valence-corrected chi connectivity index (χ0v) is 11.4. The molecule has 3 nitrogen and oxygen atoms in total. The van der Waals surface area contributed by atoms with Gasteiger partial charge in [0.1, 0.15) is 11.9 Å². The maximum atomic E-state index is 12.2. The van der Waals surface area contributed by atoms with E-state index in [9.17, 15) is 4.79 Å². The second-order valence-electron chi connectivity index (χ2n) is 4.66. The minimum Gasteiger partial charge on any atom is -0.496 e. The molecule has 2 unspecified atom stereocenters. The topological polar surface area (TPSA) is 35.5 Å². The molecule has 1 aliphatic rings. The van der Waals surface area contributed by atoms with Gasteiger partial charge in [0.05, 0.1) is 7.11 Å². The van der Waals surface area contributed by atoms with E-state index in [0.717, 1.165) is 12.0 Å². The first-order chi connectivity index (χ1) is 8.61. The van der Waals surface area contributed by atoms with Gasteiger partial charge < -0.3 is 9.47 Å². The Hall–Kier alpha value is -1.06. The second-order valence-corrected chi connectivity index (χ2v) is 5.09. The van der Waals surface area contributed by atoms with Crippen molar-refractivity contribution in [3.8, 4) is 5.75 Å². The summed E-state index contributed by atoms with van der Waals surface area (Å²) in [6.45, 7) is 2.72. The molecular weight excluding hydrogens is 252 g/mol. The third kappa shape index (κ3) is 2.85. The van der Waals surface area contributed by atoms with E-state index in [1.54, 1.807) is 25.3 Å². The number of ether oxygens (including phenoxy) is 2. The van der Waals surface area contributed by atoms with Crippen molar-refractivity contribution in [2.75, 3.05) is 13.7 Å². The molecule has 1 aromatic carbocycles. The highest BCUT2D eigenvalue weighted by Gasteiger charge is 2.30. The SMILES string of the molecule is COc1ccc(Cl)cc1CC(=O)C1OCCC1C. The normalized spacial score (nSPS) is 23.1. The molecule has 0 aliphatic carbocycles. The molecule has 1 saturated heterocycles. The van der Waals surface area contributed by atoms with E-state index in [4.69, 9.17) is 21.1 Å². The Balaban J connectivity index is 2.13. The number of Topliss-reactive ketones (excluding diaryl/α,β-unsaturated/α-hetero) is 1. The number of hydrogen-bond donors (Lipinski definition) is 0. The summed E-state index contributed by atoms with van der Waals surface area (Å²) >= 11 is 5.95. The molecule has 0 radical (unpaired) electrons. The predicted octanol–water partition coefficient (Wildman–Crippen LogP) is 2.89. The van der Waals surface area contributed by atoms with Crippen molar-refractivity contribution in [2.24, 2.45) is 5.92 Å². The molecule has 0 aromatic heterocycles. The lowest BCUT2D eigenvalue weighted by molar-refractivity contribution is -0.128. The summed E-state index contributed by atoms with van der Waals surface area (Å²) in [5.41, 5.74) is 0.817. The van der Waals surface area contributed by atoms with Crippen LogP contribution in [0.4, 0.5) is 0 Å². The van der Waals surface area contributed by atoms with Crippen molar-refractivity contribution in [3.05, 3.63) is 28.8 Å². The molecule has 0 saturated carbocycles. The highest BCUT2D eigenvalue weighted by Crippen LogP contribution is 2.26. The first-order valence-corrected chi connectivity index (χ1v) is 6.46. The third-order valence-corrected chi connectivity index (χ3v) is 3.55. The largest absolute Gasteiger partial charge is 0.496 e. The molecule has 1 heterocycles. The van der Waals surface area contributed by atoms with Crippen molar-refractivity contribution in [1.82, 2.24) is 0 Å². The zero-order valence-electron chi connectivity index (χ0n) is 10.6. The van der Waals surface area contributed by atoms with Crippen molar-refractivity contribution >= 4 is 17.4 Å². The molecule has 1 fully saturated rings. The van der Waals surface area contributed by atoms with Gasteiger partial charge in [-0.25, -0.2) is 0 Å². The number of rotatable bonds is 4. The first-order valence-electron chi connectivity index (χ1n) is 6.08. The van der Waals surface area contributed by atoms with Gasteiger partial charge in [-0.15, -0.1) is 0 Å². The number of hydrogen-bond acceptors (Lipinski definition) is 3. The van der Waals surface area contributed by atoms with E-state index in [1.165, 1.54) is 0 Å². The van der Waals surface area contributed by atoms with Gasteiger partial charge in [0.25, 0.3) is 0 Å². The van der Waals surface area contributed by atoms with Gasteiger partial charge in [-0.3, -0.25) is 4.79 Å². The second kappa shape index (κ2) is 5.72. The molecule has 0 spiro atoms. The highest BCUT2D eigenvalue weighted by molar-refractivity contribution is 6.30. The number of methoxy groups -OCH3 is 1. The first kappa shape index (κ1) is 13.4. The van der Waals surface area contributed by atoms with Crippen LogP contribution in [0.5, 0.6) is 5.75 Å². The van der Waals surface area contributed by atoms with Gasteiger partial charge in [-0.05, 0) is 30.5 Å². The lowest BCUT2D eigenvalue weighted by Crippen LogP contribution is -2.26. The lowest BCUT2D eigenvalue weighted by Gasteiger charge is -2.14. The minimum atomic E-state index is -0.284. The molecule has 1 aliphatic heterocycles. The summed E-state index contributed by atoms with van der Waals surface area (Å²) in [7, 11) is 1.59. The fraction of sp³-hybridized carbons (Fsp3) is 0.500. The standard InChI is InChI=1S/C14H17ClO3/c1-9-5-6-18-14(9)12(16)8-10-7-11(15)3-4-13(10)17-2/h3-4,7,9,14H,5-6,8H2,1-2H3. The van der Waals surface area contributed by atoms with Crippen LogP contribution in [-0.2, 0) is 16.0 Å². The van der Waals surface area contributed by atoms with Gasteiger partial charge in [-0.1, -0.05) is 18.5 Å². The molecule has 2 rings (SSSR count). The summed E-state index contributed by atoms with van der Waals surface area (Å²) in [5.74, 6) is 1.08. The van der Waals surface area contributed by atoms with Crippen molar-refractivity contribution in [1.29, 1.82) is 0 Å². The lowest BCUT2D eigenvalue weighted by atomic mass is 9.96. The Morgan fingerprint density at radius 2 is 2.33 bits per heavy atom. The van der Waals surface area contributed by atoms with Crippen molar-refractivity contribution < 1.29 is 14.3 Å². The van der Waals surface area contributed by atoms with Crippen molar-refractivity contribution in [3.63, 3.8) is 0 Å². The summed E-state index contributed by atoms with van der Waals surface area (Å²) in [6.07, 6.45) is 0.968. The van der Waals surface area contributed by atoms with Gasteiger partial charge in [-0.2, -0.15) is 0 Å². The van der Waals surface area contributed by atoms with Gasteiger partial charge in [0.2, 0.25) is 0 Å². The van der Waals surface area contributed by atoms with Crippen LogP contribution in [0.15, 0.2) is 18.2 Å². The number of ketones is 1. The summed E-state index contributed by atoms with van der Waals surface area (Å²) < 4.78 is 10.7. The number of carbonyl (C=O) groups is 1. The Labute approximate surface area is 112 Å². The maximum Gasteiger partial charge on any atom is 0.166 e. The number of halogens is 1. The summed E-state index contributed by atoms with van der Waals surface area (Å²) in [5, 5.41) is 0.610. The molecule has 4 heteroatoms. The average molecular weight is 269 g/mol. The fourth-order valence-electron chi connectivity index (χ4n) is 2.28. The molecule has 0 amide bonds. The van der Waals surface area contributed by atoms with Crippen LogP contribution in [0.25, 0.3) is 0 Å². The molecule has 18 heavy (non-hydrogen) atoms. The van der Waals surface area contributed by atoms with E-state index < -0.39 is 0 Å². The summed E-state index contributed by atoms with van der Waals surface area (Å²) in [6, 6.07) is 5.31. The van der Waals surface area contributed by atoms with Crippen molar-refractivity contribution in [2.45, 2.75) is 25.9 Å². The number of benzene rings is 1. The van der Waals surface area contributed by atoms with Crippen LogP contribution in [0.3, 0.4) is 0 Å². The van der Waals surface area contributed by atoms with Gasteiger partial charge in [0.15, 0.2) is 5.78 Å². The van der Waals surface area contributed by atoms with E-state index in [1.807, 2.05) is 6.92 Å². The van der Waals surface area contributed by atoms with Crippen LogP contribution < -0.4 is 4.74 Å². The van der Waals surface area contributed by atoms with Gasteiger partial charge in [0, 0.05) is 23.6 Å². The maximum absolute atomic E-state index is 12.2. The quantitative estimate of drug-likeness (QED) is 0.842. The predicted molar refractivity (Wildman–Crippen MR) is 70.2 cm³/mol. The minimum absolute atomic E-state index is 0.0977. The smallest absolute Gasteiger partial charge is 0.166 e. The van der Waals surface area contributed by atoms with E-state index in [0.29, 0.717) is 29.7 Å². The molecule has 0 N–H and O–H groups in total. The fourth-order valence-corrected chi connectivity index (χ4v) is 2.48.